The Hall–Kier alpha value is -2.31. The number of aliphatic hydroxyl groups excluding tert-OH is 2. The minimum Gasteiger partial charge on any atom is -0.387 e. The van der Waals surface area contributed by atoms with Crippen molar-refractivity contribution in [2.75, 3.05) is 44.8 Å². The van der Waals surface area contributed by atoms with Gasteiger partial charge in [-0.1, -0.05) is 0 Å². The minimum atomic E-state index is -4.67. The van der Waals surface area contributed by atoms with E-state index >= 15 is 0 Å². The molecule has 0 aromatic carbocycles. The number of anilines is 2. The highest BCUT2D eigenvalue weighted by molar-refractivity contribution is 7.80. The first-order chi connectivity index (χ1) is 16.5. The summed E-state index contributed by atoms with van der Waals surface area (Å²) in [6.45, 7) is 1.84. The lowest BCUT2D eigenvalue weighted by Gasteiger charge is -2.22. The van der Waals surface area contributed by atoms with Gasteiger partial charge in [0.05, 0.1) is 0 Å². The minimum absolute atomic E-state index is 0.233. The second-order valence-corrected chi connectivity index (χ2v) is 9.12. The Bertz CT molecular complexity index is 1150. The van der Waals surface area contributed by atoms with E-state index in [1.54, 1.807) is 11.6 Å². The number of nitrogens with two attached hydrogens (primary N) is 2. The molecule has 0 bridgehead atoms. The van der Waals surface area contributed by atoms with E-state index in [-0.39, 0.29) is 5.82 Å². The van der Waals surface area contributed by atoms with Gasteiger partial charge in [-0.3, -0.25) is 22.8 Å². The van der Waals surface area contributed by atoms with Gasteiger partial charge in [-0.15, -0.1) is 0 Å². The Morgan fingerprint density at radius 2 is 1.67 bits per heavy atom. The van der Waals surface area contributed by atoms with Gasteiger partial charge >= 0.3 is 20.8 Å². The number of imidazole rings is 1. The molecular weight excluding hydrogens is 532 g/mol. The molecule has 2 aromatic rings. The summed E-state index contributed by atoms with van der Waals surface area (Å²) in [4.78, 5) is 14.5. The Morgan fingerprint density at radius 3 is 2.17 bits per heavy atom. The van der Waals surface area contributed by atoms with Gasteiger partial charge in [0.2, 0.25) is 5.95 Å². The third-order valence-corrected chi connectivity index (χ3v) is 4.56. The van der Waals surface area contributed by atoms with Crippen LogP contribution >= 0.6 is 0 Å². The van der Waals surface area contributed by atoms with Crippen molar-refractivity contribution >= 4 is 43.7 Å². The molecule has 0 spiro atoms. The summed E-state index contributed by atoms with van der Waals surface area (Å²) in [6, 6.07) is 0. The maximum Gasteiger partial charge on any atom is 0.394 e. The van der Waals surface area contributed by atoms with E-state index in [1.807, 2.05) is 11.9 Å². The Balaban J connectivity index is 0.000000550. The van der Waals surface area contributed by atoms with Gasteiger partial charge in [-0.2, -0.15) is 16.8 Å². The number of hydrogen-bond donors (Lipinski definition) is 9. The molecule has 21 heteroatoms. The topological polar surface area (TPSA) is 310 Å². The van der Waals surface area contributed by atoms with Crippen LogP contribution < -0.4 is 16.8 Å². The average Bonchev–Trinajstić information content (AvgIpc) is 3.23. The lowest BCUT2D eigenvalue weighted by molar-refractivity contribution is -0.0410. The lowest BCUT2D eigenvalue weighted by Crippen LogP contribution is -2.39. The molecule has 36 heavy (non-hydrogen) atoms. The van der Waals surface area contributed by atoms with Crippen molar-refractivity contribution < 1.29 is 50.0 Å². The number of nitrogens with one attached hydrogen (secondary N) is 1. The van der Waals surface area contributed by atoms with E-state index < -0.39 is 45.3 Å². The molecule has 2 aromatic heterocycles. The number of aliphatic hydroxyl groups is 2. The summed E-state index contributed by atoms with van der Waals surface area (Å²) in [5.41, 5.74) is 12.2. The number of rotatable bonds is 7. The largest absolute Gasteiger partial charge is 0.394 e. The third-order valence-electron chi connectivity index (χ3n) is 4.56. The molecule has 0 aliphatic carbocycles. The normalized spacial score (nSPS) is 22.1. The molecule has 1 fully saturated rings. The van der Waals surface area contributed by atoms with Crippen molar-refractivity contribution in [2.24, 2.45) is 5.73 Å². The quantitative estimate of drug-likeness (QED) is 0.152. The molecule has 1 aliphatic heterocycles. The van der Waals surface area contributed by atoms with Crippen LogP contribution in [0.1, 0.15) is 12.6 Å². The van der Waals surface area contributed by atoms with Crippen molar-refractivity contribution in [2.45, 2.75) is 31.0 Å². The number of fused-ring (bicyclic) bond motifs is 1. The first-order valence-electron chi connectivity index (χ1n) is 9.94. The standard InChI is InChI=1S/C15H26N8O3.2H2O4S/c1-18-15-21-9-12(17)19-7-20-13(9)23(15)14-11(25)10(24)8(26-14)6-22(2)5-3-4-16;2*1-5(2,3)4/h7-8,10-11,14,24-25H,3-6,16H2,1-2H3,(H,18,21)(H2,17,19,20);2*(H2,1,2,3,4)/t8-,10-,11-,14-;;/m1../s1. The van der Waals surface area contributed by atoms with E-state index in [2.05, 4.69) is 20.3 Å². The molecule has 0 unspecified atom stereocenters. The second kappa shape index (κ2) is 13.3. The van der Waals surface area contributed by atoms with Crippen LogP contribution in [0.5, 0.6) is 0 Å². The smallest absolute Gasteiger partial charge is 0.387 e. The van der Waals surface area contributed by atoms with E-state index in [1.165, 1.54) is 6.33 Å². The number of nitrogens with zero attached hydrogens (tertiary/aromatic N) is 5. The van der Waals surface area contributed by atoms with Crippen molar-refractivity contribution in [3.63, 3.8) is 0 Å². The van der Waals surface area contributed by atoms with Crippen LogP contribution in [-0.4, -0.2) is 122 Å². The summed E-state index contributed by atoms with van der Waals surface area (Å²) in [5, 5.41) is 24.0. The maximum absolute atomic E-state index is 10.6. The van der Waals surface area contributed by atoms with Gasteiger partial charge in [-0.05, 0) is 26.6 Å². The molecule has 3 rings (SSSR count). The van der Waals surface area contributed by atoms with E-state index in [0.717, 1.165) is 13.0 Å². The van der Waals surface area contributed by atoms with Crippen molar-refractivity contribution in [3.05, 3.63) is 6.33 Å². The van der Waals surface area contributed by atoms with E-state index in [4.69, 9.17) is 51.3 Å². The van der Waals surface area contributed by atoms with Gasteiger partial charge in [-0.25, -0.2) is 15.0 Å². The highest BCUT2D eigenvalue weighted by atomic mass is 32.3. The fourth-order valence-corrected chi connectivity index (χ4v) is 3.20. The van der Waals surface area contributed by atoms with Gasteiger partial charge < -0.3 is 36.6 Å². The highest BCUT2D eigenvalue weighted by Gasteiger charge is 2.45. The van der Waals surface area contributed by atoms with Crippen LogP contribution in [0.2, 0.25) is 0 Å². The van der Waals surface area contributed by atoms with E-state index in [9.17, 15) is 10.2 Å². The van der Waals surface area contributed by atoms with Crippen molar-refractivity contribution in [1.82, 2.24) is 24.4 Å². The molecule has 19 nitrogen and oxygen atoms in total. The molecule has 0 amide bonds. The average molecular weight is 563 g/mol. The van der Waals surface area contributed by atoms with Crippen LogP contribution in [0.3, 0.4) is 0 Å². The molecule has 0 radical (unpaired) electrons. The predicted octanol–water partition coefficient (Wildman–Crippen LogP) is -2.96. The zero-order valence-electron chi connectivity index (χ0n) is 19.1. The fourth-order valence-electron chi connectivity index (χ4n) is 3.20. The molecule has 11 N–H and O–H groups in total. The van der Waals surface area contributed by atoms with Gasteiger partial charge in [0.25, 0.3) is 0 Å². The summed E-state index contributed by atoms with van der Waals surface area (Å²) in [5.74, 6) is 0.650. The molecule has 3 heterocycles. The first-order valence-corrected chi connectivity index (χ1v) is 12.7. The van der Waals surface area contributed by atoms with Gasteiger partial charge in [0.1, 0.15) is 24.6 Å². The van der Waals surface area contributed by atoms with Crippen LogP contribution in [0.25, 0.3) is 11.2 Å². The summed E-state index contributed by atoms with van der Waals surface area (Å²) < 4.78 is 70.7. The van der Waals surface area contributed by atoms with Crippen molar-refractivity contribution in [3.8, 4) is 0 Å². The van der Waals surface area contributed by atoms with Crippen LogP contribution in [0.15, 0.2) is 6.33 Å². The Morgan fingerprint density at radius 1 is 1.11 bits per heavy atom. The number of aromatic nitrogens is 4. The third kappa shape index (κ3) is 10.4. The Labute approximate surface area is 206 Å². The predicted molar refractivity (Wildman–Crippen MR) is 125 cm³/mol. The summed E-state index contributed by atoms with van der Waals surface area (Å²) >= 11 is 0. The van der Waals surface area contributed by atoms with Gasteiger partial charge in [0.15, 0.2) is 23.2 Å². The fraction of sp³-hybridized carbons (Fsp3) is 0.667. The summed E-state index contributed by atoms with van der Waals surface area (Å²) in [6.07, 6.45) is -1.41. The maximum atomic E-state index is 10.6. The number of likely N-dealkylation sites (N-methyl/N-ethyl adjacent to an activating group) is 1. The monoisotopic (exact) mass is 562 g/mol. The number of ether oxygens (including phenoxy) is 1. The SMILES string of the molecule is CNc1nc2c(N)ncnc2n1[C@@H]1O[C@H](CN(C)CCCN)[C@@H](O)[C@H]1O.O=S(=O)(O)O.O=S(=O)(O)O. The van der Waals surface area contributed by atoms with Crippen molar-refractivity contribution in [1.29, 1.82) is 0 Å². The first kappa shape index (κ1) is 31.7. The molecule has 1 aliphatic rings. The highest BCUT2D eigenvalue weighted by Crippen LogP contribution is 2.35. The van der Waals surface area contributed by atoms with Crippen LogP contribution in [0, 0.1) is 0 Å². The zero-order valence-corrected chi connectivity index (χ0v) is 20.8. The Kier molecular flexibility index (Phi) is 11.7. The van der Waals surface area contributed by atoms with Gasteiger partial charge in [0, 0.05) is 13.6 Å². The molecule has 4 atom stereocenters. The van der Waals surface area contributed by atoms with Crippen LogP contribution in [0.4, 0.5) is 11.8 Å². The second-order valence-electron chi connectivity index (χ2n) is 7.33. The van der Waals surface area contributed by atoms with E-state index in [0.29, 0.717) is 30.2 Å². The molecular formula is C15H30N8O11S2. The summed E-state index contributed by atoms with van der Waals surface area (Å²) in [7, 11) is -5.72. The molecule has 0 saturated carbocycles. The zero-order chi connectivity index (χ0) is 27.8. The lowest BCUT2D eigenvalue weighted by atomic mass is 10.1. The number of nitrogen functional groups attached to an aromatic ring is 1. The molecule has 1 saturated heterocycles. The molecule has 208 valence electrons. The number of hydrogen-bond acceptors (Lipinski definition) is 14. The van der Waals surface area contributed by atoms with Crippen LogP contribution in [-0.2, 0) is 25.5 Å².